The quantitative estimate of drug-likeness (QED) is 0.768. The molecule has 8 heteroatoms. The molecule has 3 rings (SSSR count). The number of nitrogens with one attached hydrogen (secondary N) is 1. The molecule has 2 aromatic rings. The van der Waals surface area contributed by atoms with Crippen molar-refractivity contribution < 1.29 is 13.2 Å². The van der Waals surface area contributed by atoms with Gasteiger partial charge in [-0.25, -0.2) is 13.4 Å². The van der Waals surface area contributed by atoms with Crippen LogP contribution in [0.5, 0.6) is 0 Å². The van der Waals surface area contributed by atoms with Gasteiger partial charge in [0.05, 0.1) is 20.1 Å². The van der Waals surface area contributed by atoms with Crippen LogP contribution in [0.2, 0.25) is 0 Å². The van der Waals surface area contributed by atoms with E-state index in [9.17, 15) is 13.2 Å². The molecule has 0 radical (unpaired) electrons. The van der Waals surface area contributed by atoms with E-state index in [4.69, 9.17) is 0 Å². The fourth-order valence-electron chi connectivity index (χ4n) is 3.76. The van der Waals surface area contributed by atoms with Gasteiger partial charge >= 0.3 is 0 Å². The molecule has 1 aliphatic carbocycles. The molecule has 0 bridgehead atoms. The number of thiazole rings is 1. The number of aromatic nitrogens is 1. The number of aryl methyl sites for hydroxylation is 1. The first-order chi connectivity index (χ1) is 13.2. The summed E-state index contributed by atoms with van der Waals surface area (Å²) in [5.74, 6) is -0.303. The van der Waals surface area contributed by atoms with E-state index in [1.807, 2.05) is 20.8 Å². The Morgan fingerprint density at radius 2 is 1.93 bits per heavy atom. The van der Waals surface area contributed by atoms with E-state index in [1.165, 1.54) is 17.8 Å². The van der Waals surface area contributed by atoms with Gasteiger partial charge in [-0.3, -0.25) is 4.79 Å². The van der Waals surface area contributed by atoms with Gasteiger partial charge in [0.15, 0.2) is 0 Å². The number of likely N-dealkylation sites (N-methyl/N-ethyl adjacent to an activating group) is 1. The number of hydrogen-bond donors (Lipinski definition) is 1. The Morgan fingerprint density at radius 3 is 2.57 bits per heavy atom. The topological polar surface area (TPSA) is 79.4 Å². The monoisotopic (exact) mass is 423 g/mol. The lowest BCUT2D eigenvalue weighted by Gasteiger charge is -2.34. The molecule has 154 valence electrons. The molecule has 0 aliphatic heterocycles. The van der Waals surface area contributed by atoms with Crippen molar-refractivity contribution in [1.82, 2.24) is 14.6 Å². The van der Waals surface area contributed by atoms with Crippen molar-refractivity contribution in [3.8, 4) is 0 Å². The molecule has 1 atom stereocenters. The second-order valence-corrected chi connectivity index (χ2v) is 10.9. The predicted molar refractivity (Wildman–Crippen MR) is 113 cm³/mol. The molecule has 1 aliphatic rings. The third kappa shape index (κ3) is 4.55. The highest BCUT2D eigenvalue weighted by Gasteiger charge is 2.33. The Balaban J connectivity index is 1.82. The number of fused-ring (bicyclic) bond motifs is 1. The lowest BCUT2D eigenvalue weighted by Crippen LogP contribution is -2.52. The van der Waals surface area contributed by atoms with Gasteiger partial charge in [0.25, 0.3) is 0 Å². The van der Waals surface area contributed by atoms with Crippen LogP contribution in [0.4, 0.5) is 0 Å². The van der Waals surface area contributed by atoms with Crippen LogP contribution in [-0.4, -0.2) is 43.3 Å². The van der Waals surface area contributed by atoms with Crippen molar-refractivity contribution in [1.29, 1.82) is 0 Å². The maximum absolute atomic E-state index is 13.1. The zero-order valence-electron chi connectivity index (χ0n) is 16.9. The number of sulfonamides is 1. The summed E-state index contributed by atoms with van der Waals surface area (Å²) >= 11 is 1.46. The average molecular weight is 424 g/mol. The van der Waals surface area contributed by atoms with Crippen LogP contribution >= 0.6 is 11.3 Å². The van der Waals surface area contributed by atoms with E-state index < -0.39 is 16.1 Å². The van der Waals surface area contributed by atoms with Crippen molar-refractivity contribution in [3.63, 3.8) is 0 Å². The third-order valence-electron chi connectivity index (χ3n) is 5.46. The van der Waals surface area contributed by atoms with Crippen LogP contribution in [0.25, 0.3) is 10.2 Å². The molecular formula is C20H29N3O3S2. The molecule has 1 N–H and O–H groups in total. The van der Waals surface area contributed by atoms with Crippen molar-refractivity contribution in [2.75, 3.05) is 7.05 Å². The molecule has 1 heterocycles. The predicted octanol–water partition coefficient (Wildman–Crippen LogP) is 3.70. The van der Waals surface area contributed by atoms with Crippen LogP contribution in [-0.2, 0) is 14.8 Å². The van der Waals surface area contributed by atoms with E-state index >= 15 is 0 Å². The van der Waals surface area contributed by atoms with Crippen LogP contribution in [0.1, 0.15) is 51.0 Å². The molecule has 1 fully saturated rings. The molecule has 28 heavy (non-hydrogen) atoms. The van der Waals surface area contributed by atoms with Gasteiger partial charge in [-0.2, -0.15) is 4.72 Å². The van der Waals surface area contributed by atoms with Gasteiger partial charge in [-0.05, 0) is 43.9 Å². The van der Waals surface area contributed by atoms with E-state index in [-0.39, 0.29) is 22.8 Å². The number of carbonyl (C=O) groups is 1. The smallest absolute Gasteiger partial charge is 0.241 e. The zero-order valence-corrected chi connectivity index (χ0v) is 18.6. The fraction of sp³-hybridized carbons (Fsp3) is 0.600. The normalized spacial score (nSPS) is 17.2. The molecule has 1 aromatic heterocycles. The Labute approximate surface area is 171 Å². The van der Waals surface area contributed by atoms with E-state index in [0.29, 0.717) is 0 Å². The number of nitrogens with zero attached hydrogens (tertiary/aromatic N) is 2. The second kappa shape index (κ2) is 8.47. The molecule has 6 nitrogen and oxygen atoms in total. The Bertz CT molecular complexity index is 947. The van der Waals surface area contributed by atoms with Gasteiger partial charge in [-0.1, -0.05) is 33.1 Å². The van der Waals surface area contributed by atoms with Crippen molar-refractivity contribution in [2.45, 2.75) is 69.9 Å². The summed E-state index contributed by atoms with van der Waals surface area (Å²) in [5, 5.41) is 0.891. The van der Waals surface area contributed by atoms with E-state index in [2.05, 4.69) is 9.71 Å². The molecule has 1 amide bonds. The lowest BCUT2D eigenvalue weighted by atomic mass is 9.93. The minimum absolute atomic E-state index is 0.150. The van der Waals surface area contributed by atoms with Crippen LogP contribution < -0.4 is 4.72 Å². The summed E-state index contributed by atoms with van der Waals surface area (Å²) in [5.41, 5.74) is 0.787. The summed E-state index contributed by atoms with van der Waals surface area (Å²) in [7, 11) is -2.01. The highest BCUT2D eigenvalue weighted by molar-refractivity contribution is 7.89. The van der Waals surface area contributed by atoms with Gasteiger partial charge in [0.2, 0.25) is 15.9 Å². The first-order valence-corrected chi connectivity index (χ1v) is 12.1. The van der Waals surface area contributed by atoms with E-state index in [0.717, 1.165) is 40.9 Å². The van der Waals surface area contributed by atoms with Gasteiger partial charge in [0, 0.05) is 13.1 Å². The SMILES string of the molecule is Cc1nc2ccc(S(=O)(=O)NC(C(=O)N(C)C3CCCCC3)C(C)C)cc2s1. The molecular weight excluding hydrogens is 394 g/mol. The largest absolute Gasteiger partial charge is 0.341 e. The first kappa shape index (κ1) is 21.2. The number of hydrogen-bond acceptors (Lipinski definition) is 5. The van der Waals surface area contributed by atoms with Gasteiger partial charge < -0.3 is 4.90 Å². The molecule has 1 saturated carbocycles. The number of amides is 1. The third-order valence-corrected chi connectivity index (χ3v) is 7.83. The Kier molecular flexibility index (Phi) is 6.41. The molecule has 1 unspecified atom stereocenters. The number of rotatable bonds is 6. The summed E-state index contributed by atoms with van der Waals surface area (Å²) in [6.07, 6.45) is 5.42. The summed E-state index contributed by atoms with van der Waals surface area (Å²) in [6, 6.07) is 4.32. The zero-order chi connectivity index (χ0) is 20.5. The van der Waals surface area contributed by atoms with Gasteiger partial charge in [0.1, 0.15) is 6.04 Å². The van der Waals surface area contributed by atoms with Crippen LogP contribution in [0, 0.1) is 12.8 Å². The van der Waals surface area contributed by atoms with Gasteiger partial charge in [-0.15, -0.1) is 11.3 Å². The minimum atomic E-state index is -3.81. The Hall–Kier alpha value is -1.51. The first-order valence-electron chi connectivity index (χ1n) is 9.85. The van der Waals surface area contributed by atoms with Crippen LogP contribution in [0.3, 0.4) is 0 Å². The van der Waals surface area contributed by atoms with Crippen molar-refractivity contribution in [2.24, 2.45) is 5.92 Å². The van der Waals surface area contributed by atoms with Crippen LogP contribution in [0.15, 0.2) is 23.1 Å². The summed E-state index contributed by atoms with van der Waals surface area (Å²) in [6.45, 7) is 5.64. The standard InChI is InChI=1S/C20H29N3O3S2/c1-13(2)19(20(24)23(4)15-8-6-5-7-9-15)22-28(25,26)16-10-11-17-18(12-16)27-14(3)21-17/h10-13,15,19,22H,5-9H2,1-4H3. The average Bonchev–Trinajstić information content (AvgIpc) is 3.04. The number of benzene rings is 1. The highest BCUT2D eigenvalue weighted by atomic mass is 32.2. The highest BCUT2D eigenvalue weighted by Crippen LogP contribution is 2.26. The molecule has 1 aromatic carbocycles. The lowest BCUT2D eigenvalue weighted by molar-refractivity contribution is -0.135. The van der Waals surface area contributed by atoms with Crippen molar-refractivity contribution in [3.05, 3.63) is 23.2 Å². The maximum atomic E-state index is 13.1. The summed E-state index contributed by atoms with van der Waals surface area (Å²) < 4.78 is 29.5. The fourth-order valence-corrected chi connectivity index (χ4v) is 6.07. The molecule has 0 saturated heterocycles. The van der Waals surface area contributed by atoms with E-state index in [1.54, 1.807) is 30.1 Å². The minimum Gasteiger partial charge on any atom is -0.341 e. The van der Waals surface area contributed by atoms with Crippen molar-refractivity contribution >= 4 is 37.5 Å². The second-order valence-electron chi connectivity index (χ2n) is 7.95. The summed E-state index contributed by atoms with van der Waals surface area (Å²) in [4.78, 5) is 19.4. The molecule has 0 spiro atoms. The maximum Gasteiger partial charge on any atom is 0.241 e. The number of carbonyl (C=O) groups excluding carboxylic acids is 1. The Morgan fingerprint density at radius 1 is 1.25 bits per heavy atom.